The molecule has 1 fully saturated rings. The van der Waals surface area contributed by atoms with Crippen molar-refractivity contribution < 1.29 is 13.2 Å². The molecule has 1 aliphatic rings. The van der Waals surface area contributed by atoms with Crippen molar-refractivity contribution in [1.82, 2.24) is 19.1 Å². The Morgan fingerprint density at radius 1 is 1.17 bits per heavy atom. The molecule has 9 heteroatoms. The van der Waals surface area contributed by atoms with Gasteiger partial charge in [-0.15, -0.1) is 0 Å². The van der Waals surface area contributed by atoms with Crippen LogP contribution >= 0.6 is 0 Å². The van der Waals surface area contributed by atoms with Crippen molar-refractivity contribution in [3.8, 4) is 0 Å². The van der Waals surface area contributed by atoms with E-state index in [0.717, 1.165) is 17.5 Å². The first kappa shape index (κ1) is 24.6. The minimum Gasteiger partial charge on any atom is -0.355 e. The molecule has 0 saturated heterocycles. The van der Waals surface area contributed by atoms with Gasteiger partial charge in [-0.1, -0.05) is 33.1 Å². The van der Waals surface area contributed by atoms with Gasteiger partial charge in [0.25, 0.3) is 5.56 Å². The number of nitrogens with one attached hydrogen (secondary N) is 1. The van der Waals surface area contributed by atoms with Gasteiger partial charge in [0.1, 0.15) is 6.54 Å². The molecule has 0 aliphatic heterocycles. The third kappa shape index (κ3) is 6.65. The summed E-state index contributed by atoms with van der Waals surface area (Å²) >= 11 is 0. The molecule has 8 nitrogen and oxygen atoms in total. The maximum atomic E-state index is 12.7. The number of pyridine rings is 1. The Morgan fingerprint density at radius 2 is 1.83 bits per heavy atom. The highest BCUT2D eigenvalue weighted by Crippen LogP contribution is 2.21. The molecular weight excluding hydrogens is 404 g/mol. The normalized spacial score (nSPS) is 15.6. The van der Waals surface area contributed by atoms with E-state index in [1.165, 1.54) is 54.7 Å². The average Bonchev–Trinajstić information content (AvgIpc) is 2.73. The van der Waals surface area contributed by atoms with Gasteiger partial charge in [-0.2, -0.15) is 4.31 Å². The first-order valence-electron chi connectivity index (χ1n) is 11.0. The highest BCUT2D eigenvalue weighted by molar-refractivity contribution is 7.89. The summed E-state index contributed by atoms with van der Waals surface area (Å²) in [6.07, 6.45) is 8.51. The zero-order valence-corrected chi connectivity index (χ0v) is 19.3. The van der Waals surface area contributed by atoms with Crippen molar-refractivity contribution in [3.05, 3.63) is 28.7 Å². The molecule has 30 heavy (non-hydrogen) atoms. The van der Waals surface area contributed by atoms with Gasteiger partial charge in [0, 0.05) is 37.9 Å². The van der Waals surface area contributed by atoms with Crippen LogP contribution in [0.1, 0.15) is 52.4 Å². The van der Waals surface area contributed by atoms with E-state index in [2.05, 4.69) is 17.3 Å². The predicted octanol–water partition coefficient (Wildman–Crippen LogP) is 1.65. The summed E-state index contributed by atoms with van der Waals surface area (Å²) < 4.78 is 27.8. The van der Waals surface area contributed by atoms with E-state index in [1.54, 1.807) is 13.8 Å². The van der Waals surface area contributed by atoms with Gasteiger partial charge in [-0.3, -0.25) is 9.59 Å². The van der Waals surface area contributed by atoms with Crippen LogP contribution in [0.2, 0.25) is 0 Å². The van der Waals surface area contributed by atoms with Gasteiger partial charge in [-0.05, 0) is 38.9 Å². The fourth-order valence-corrected chi connectivity index (χ4v) is 5.45. The van der Waals surface area contributed by atoms with E-state index in [9.17, 15) is 18.0 Å². The first-order chi connectivity index (χ1) is 14.3. The summed E-state index contributed by atoms with van der Waals surface area (Å²) in [6.45, 7) is 5.46. The maximum Gasteiger partial charge on any atom is 0.251 e. The molecule has 1 amide bonds. The second-order valence-corrected chi connectivity index (χ2v) is 9.83. The van der Waals surface area contributed by atoms with Crippen LogP contribution in [0.15, 0.2) is 28.0 Å². The molecule has 0 spiro atoms. The number of sulfonamides is 1. The molecule has 1 aliphatic carbocycles. The first-order valence-corrected chi connectivity index (χ1v) is 12.4. The molecular formula is C21H36N4O4S. The number of hydrogen-bond donors (Lipinski definition) is 1. The largest absolute Gasteiger partial charge is 0.355 e. The second kappa shape index (κ2) is 11.6. The molecule has 2 rings (SSSR count). The summed E-state index contributed by atoms with van der Waals surface area (Å²) in [6, 6.07) is 3.14. The van der Waals surface area contributed by atoms with Gasteiger partial charge in [0.05, 0.1) is 4.90 Å². The van der Waals surface area contributed by atoms with Crippen LogP contribution in [0.5, 0.6) is 0 Å². The van der Waals surface area contributed by atoms with Gasteiger partial charge >= 0.3 is 0 Å². The lowest BCUT2D eigenvalue weighted by Gasteiger charge is -2.31. The molecule has 1 heterocycles. The van der Waals surface area contributed by atoms with Crippen LogP contribution in [0, 0.1) is 0 Å². The standard InChI is InChI=1S/C21H36N4O4S/c1-4-25(5-2)30(28,29)19-12-13-21(27)24(16-19)17-20(26)22-14-9-15-23(3)18-10-7-6-8-11-18/h12-13,16,18H,4-11,14-15,17H2,1-3H3,(H,22,26). The third-order valence-electron chi connectivity index (χ3n) is 5.82. The molecule has 1 aromatic rings. The van der Waals surface area contributed by atoms with E-state index in [-0.39, 0.29) is 17.3 Å². The molecule has 1 aromatic heterocycles. The Kier molecular flexibility index (Phi) is 9.51. The lowest BCUT2D eigenvalue weighted by Crippen LogP contribution is -2.37. The number of carbonyl (C=O) groups is 1. The molecule has 0 aromatic carbocycles. The van der Waals surface area contributed by atoms with Crippen LogP contribution in [-0.4, -0.2) is 67.4 Å². The Labute approximate surface area is 180 Å². The van der Waals surface area contributed by atoms with Crippen LogP contribution in [0.3, 0.4) is 0 Å². The number of amides is 1. The van der Waals surface area contributed by atoms with E-state index < -0.39 is 15.6 Å². The number of aromatic nitrogens is 1. The summed E-state index contributed by atoms with van der Waals surface area (Å²) in [5.41, 5.74) is -0.402. The fraction of sp³-hybridized carbons (Fsp3) is 0.714. The number of carbonyl (C=O) groups excluding carboxylic acids is 1. The van der Waals surface area contributed by atoms with Crippen molar-refractivity contribution in [3.63, 3.8) is 0 Å². The monoisotopic (exact) mass is 440 g/mol. The van der Waals surface area contributed by atoms with Gasteiger partial charge < -0.3 is 14.8 Å². The van der Waals surface area contributed by atoms with Crippen molar-refractivity contribution >= 4 is 15.9 Å². The Balaban J connectivity index is 1.88. The second-order valence-electron chi connectivity index (χ2n) is 7.90. The highest BCUT2D eigenvalue weighted by Gasteiger charge is 2.22. The van der Waals surface area contributed by atoms with E-state index in [0.29, 0.717) is 25.7 Å². The van der Waals surface area contributed by atoms with E-state index in [4.69, 9.17) is 0 Å². The maximum absolute atomic E-state index is 12.7. The lowest BCUT2D eigenvalue weighted by molar-refractivity contribution is -0.121. The summed E-state index contributed by atoms with van der Waals surface area (Å²) in [4.78, 5) is 26.8. The number of rotatable bonds is 11. The summed E-state index contributed by atoms with van der Waals surface area (Å²) in [5, 5.41) is 2.83. The van der Waals surface area contributed by atoms with Gasteiger partial charge in [0.15, 0.2) is 0 Å². The third-order valence-corrected chi connectivity index (χ3v) is 7.85. The lowest BCUT2D eigenvalue weighted by atomic mass is 9.94. The highest BCUT2D eigenvalue weighted by atomic mass is 32.2. The smallest absolute Gasteiger partial charge is 0.251 e. The minimum absolute atomic E-state index is 0.0210. The molecule has 0 atom stereocenters. The number of nitrogens with zero attached hydrogens (tertiary/aromatic N) is 3. The van der Waals surface area contributed by atoms with E-state index >= 15 is 0 Å². The average molecular weight is 441 g/mol. The van der Waals surface area contributed by atoms with Crippen molar-refractivity contribution in [2.75, 3.05) is 33.2 Å². The number of hydrogen-bond acceptors (Lipinski definition) is 5. The molecule has 0 bridgehead atoms. The summed E-state index contributed by atoms with van der Waals surface area (Å²) in [5.74, 6) is -0.296. The fourth-order valence-electron chi connectivity index (χ4n) is 3.97. The van der Waals surface area contributed by atoms with Crippen molar-refractivity contribution in [1.29, 1.82) is 0 Å². The Hall–Kier alpha value is -1.71. The predicted molar refractivity (Wildman–Crippen MR) is 118 cm³/mol. The zero-order valence-electron chi connectivity index (χ0n) is 18.5. The molecule has 0 radical (unpaired) electrons. The van der Waals surface area contributed by atoms with Crippen LogP contribution in [0.4, 0.5) is 0 Å². The molecule has 170 valence electrons. The van der Waals surface area contributed by atoms with Crippen molar-refractivity contribution in [2.45, 2.75) is 69.9 Å². The Bertz CT molecular complexity index is 843. The van der Waals surface area contributed by atoms with Crippen LogP contribution in [0.25, 0.3) is 0 Å². The van der Waals surface area contributed by atoms with Crippen LogP contribution < -0.4 is 10.9 Å². The minimum atomic E-state index is -3.68. The van der Waals surface area contributed by atoms with Crippen LogP contribution in [-0.2, 0) is 21.4 Å². The quantitative estimate of drug-likeness (QED) is 0.528. The van der Waals surface area contributed by atoms with Gasteiger partial charge in [-0.25, -0.2) is 8.42 Å². The molecule has 1 N–H and O–H groups in total. The van der Waals surface area contributed by atoms with Crippen molar-refractivity contribution in [2.24, 2.45) is 0 Å². The SMILES string of the molecule is CCN(CC)S(=O)(=O)c1ccc(=O)n(CC(=O)NCCCN(C)C2CCCCC2)c1. The summed E-state index contributed by atoms with van der Waals surface area (Å²) in [7, 11) is -1.54. The van der Waals surface area contributed by atoms with Gasteiger partial charge in [0.2, 0.25) is 15.9 Å². The zero-order chi connectivity index (χ0) is 22.1. The Morgan fingerprint density at radius 3 is 2.47 bits per heavy atom. The van der Waals surface area contributed by atoms with E-state index in [1.807, 2.05) is 0 Å². The molecule has 1 saturated carbocycles. The topological polar surface area (TPSA) is 91.7 Å². The molecule has 0 unspecified atom stereocenters.